The van der Waals surface area contributed by atoms with Crippen molar-refractivity contribution in [2.24, 2.45) is 0 Å². The van der Waals surface area contributed by atoms with E-state index >= 15 is 0 Å². The second-order valence-corrected chi connectivity index (χ2v) is 5.72. The van der Waals surface area contributed by atoms with Gasteiger partial charge in [0.15, 0.2) is 9.84 Å². The molecule has 0 aromatic carbocycles. The Labute approximate surface area is 100 Å². The lowest BCUT2D eigenvalue weighted by molar-refractivity contribution is -0.138. The van der Waals surface area contributed by atoms with Gasteiger partial charge in [0, 0.05) is 0 Å². The summed E-state index contributed by atoms with van der Waals surface area (Å²) in [6, 6.07) is -1.48. The Morgan fingerprint density at radius 1 is 1.41 bits per heavy atom. The lowest BCUT2D eigenvalue weighted by Crippen LogP contribution is -2.45. The van der Waals surface area contributed by atoms with Crippen molar-refractivity contribution in [1.82, 2.24) is 5.32 Å². The van der Waals surface area contributed by atoms with Crippen LogP contribution in [-0.4, -0.2) is 50.2 Å². The zero-order valence-corrected chi connectivity index (χ0v) is 10.6. The highest BCUT2D eigenvalue weighted by molar-refractivity contribution is 7.91. The molecule has 0 spiro atoms. The number of carboxylic acids is 1. The summed E-state index contributed by atoms with van der Waals surface area (Å²) in [6.07, 6.45) is 0.192. The van der Waals surface area contributed by atoms with Crippen LogP contribution in [0.5, 0.6) is 0 Å². The summed E-state index contributed by atoms with van der Waals surface area (Å²) in [5.74, 6) is -2.12. The molecule has 0 aliphatic rings. The summed E-state index contributed by atoms with van der Waals surface area (Å²) in [5, 5.41) is 10.7. The first-order chi connectivity index (χ1) is 7.82. The molecule has 0 saturated heterocycles. The molecule has 1 atom stereocenters. The quantitative estimate of drug-likeness (QED) is 0.672. The molecule has 2 N–H and O–H groups in total. The minimum absolute atomic E-state index is 0.0872. The van der Waals surface area contributed by atoms with Crippen LogP contribution in [0.15, 0.2) is 0 Å². The number of alkyl carbamates (subject to hydrolysis) is 1. The van der Waals surface area contributed by atoms with Crippen molar-refractivity contribution in [1.29, 1.82) is 0 Å². The van der Waals surface area contributed by atoms with Crippen molar-refractivity contribution in [2.45, 2.75) is 25.8 Å². The van der Waals surface area contributed by atoms with E-state index in [1.54, 1.807) is 0 Å². The largest absolute Gasteiger partial charge is 0.480 e. The maximum Gasteiger partial charge on any atom is 0.407 e. The molecular weight excluding hydrogens is 250 g/mol. The molecule has 100 valence electrons. The molecule has 0 fully saturated rings. The minimum atomic E-state index is -3.49. The van der Waals surface area contributed by atoms with Crippen LogP contribution in [0, 0.1) is 0 Å². The Hall–Kier alpha value is -1.31. The number of unbranched alkanes of at least 4 members (excludes halogenated alkanes) is 1. The van der Waals surface area contributed by atoms with Gasteiger partial charge in [-0.25, -0.2) is 18.0 Å². The Kier molecular flexibility index (Phi) is 6.55. The number of amides is 1. The Balaban J connectivity index is 4.54. The van der Waals surface area contributed by atoms with Gasteiger partial charge in [0.2, 0.25) is 0 Å². The molecule has 0 aliphatic heterocycles. The summed E-state index contributed by atoms with van der Waals surface area (Å²) in [6.45, 7) is 1.83. The van der Waals surface area contributed by atoms with Crippen LogP contribution in [0.4, 0.5) is 4.79 Å². The Bertz CT molecular complexity index is 364. The first-order valence-electron chi connectivity index (χ1n) is 5.10. The van der Waals surface area contributed by atoms with Gasteiger partial charge < -0.3 is 15.2 Å². The Morgan fingerprint density at radius 2 is 2.00 bits per heavy atom. The van der Waals surface area contributed by atoms with E-state index < -0.39 is 33.7 Å². The number of carbonyl (C=O) groups is 2. The first-order valence-corrected chi connectivity index (χ1v) is 6.92. The van der Waals surface area contributed by atoms with E-state index in [1.165, 1.54) is 0 Å². The van der Waals surface area contributed by atoms with Crippen LogP contribution in [-0.2, 0) is 19.4 Å². The third-order valence-corrected chi connectivity index (χ3v) is 3.76. The average molecular weight is 267 g/mol. The zero-order chi connectivity index (χ0) is 13.5. The van der Waals surface area contributed by atoms with Gasteiger partial charge in [0.1, 0.15) is 6.04 Å². The molecule has 0 heterocycles. The fourth-order valence-corrected chi connectivity index (χ4v) is 2.71. The molecular formula is C9H17NO6S. The van der Waals surface area contributed by atoms with Gasteiger partial charge in [0.05, 0.1) is 18.6 Å². The average Bonchev–Trinajstić information content (AvgIpc) is 2.25. The van der Waals surface area contributed by atoms with E-state index in [1.807, 2.05) is 12.2 Å². The number of aliphatic carboxylic acids is 1. The lowest BCUT2D eigenvalue weighted by atomic mass is 10.3. The number of hydrogen-bond acceptors (Lipinski definition) is 5. The van der Waals surface area contributed by atoms with Crippen LogP contribution < -0.4 is 5.32 Å². The van der Waals surface area contributed by atoms with Crippen molar-refractivity contribution >= 4 is 21.9 Å². The highest BCUT2D eigenvalue weighted by Gasteiger charge is 2.26. The highest BCUT2D eigenvalue weighted by atomic mass is 32.2. The van der Waals surface area contributed by atoms with Crippen molar-refractivity contribution in [3.05, 3.63) is 0 Å². The number of carboxylic acid groups (broad SMARTS) is 1. The second-order valence-electron chi connectivity index (χ2n) is 3.49. The summed E-state index contributed by atoms with van der Waals surface area (Å²) >= 11 is 0. The second kappa shape index (κ2) is 7.10. The van der Waals surface area contributed by atoms with E-state index in [-0.39, 0.29) is 5.75 Å². The molecule has 0 aromatic rings. The fraction of sp³-hybridized carbons (Fsp3) is 0.778. The van der Waals surface area contributed by atoms with Crippen LogP contribution >= 0.6 is 0 Å². The molecule has 17 heavy (non-hydrogen) atoms. The number of rotatable bonds is 7. The van der Waals surface area contributed by atoms with Gasteiger partial charge in [-0.2, -0.15) is 0 Å². The number of methoxy groups -OCH3 is 1. The van der Waals surface area contributed by atoms with E-state index in [9.17, 15) is 18.0 Å². The monoisotopic (exact) mass is 267 g/mol. The van der Waals surface area contributed by atoms with Gasteiger partial charge in [-0.1, -0.05) is 13.3 Å². The highest BCUT2D eigenvalue weighted by Crippen LogP contribution is 2.01. The molecule has 0 rings (SSSR count). The summed E-state index contributed by atoms with van der Waals surface area (Å²) in [5.41, 5.74) is 0. The maximum atomic E-state index is 11.5. The first kappa shape index (κ1) is 15.7. The molecule has 0 bridgehead atoms. The molecule has 1 amide bonds. The molecule has 0 aromatic heterocycles. The van der Waals surface area contributed by atoms with Crippen LogP contribution in [0.1, 0.15) is 19.8 Å². The predicted molar refractivity (Wildman–Crippen MR) is 60.5 cm³/mol. The summed E-state index contributed by atoms with van der Waals surface area (Å²) in [7, 11) is -2.42. The van der Waals surface area contributed by atoms with E-state index in [4.69, 9.17) is 5.11 Å². The fourth-order valence-electron chi connectivity index (χ4n) is 1.08. The van der Waals surface area contributed by atoms with E-state index in [0.29, 0.717) is 12.8 Å². The van der Waals surface area contributed by atoms with Crippen LogP contribution in [0.25, 0.3) is 0 Å². The number of carbonyl (C=O) groups excluding carboxylic acids is 1. The molecule has 0 radical (unpaired) electrons. The van der Waals surface area contributed by atoms with Gasteiger partial charge in [-0.3, -0.25) is 0 Å². The molecule has 0 saturated carbocycles. The number of hydrogen-bond donors (Lipinski definition) is 2. The number of nitrogens with one attached hydrogen (secondary N) is 1. The standard InChI is InChI=1S/C9H17NO6S/c1-3-4-5-17(14,15)6-7(8(11)12)10-9(13)16-2/h7H,3-6H2,1-2H3,(H,10,13)(H,11,12)/t7-/m1/s1. The minimum Gasteiger partial charge on any atom is -0.480 e. The summed E-state index contributed by atoms with van der Waals surface area (Å²) < 4.78 is 27.3. The van der Waals surface area contributed by atoms with Crippen molar-refractivity contribution < 1.29 is 27.9 Å². The van der Waals surface area contributed by atoms with Gasteiger partial charge in [0.25, 0.3) is 0 Å². The predicted octanol–water partition coefficient (Wildman–Crippen LogP) is 0.0105. The molecule has 7 nitrogen and oxygen atoms in total. The Morgan fingerprint density at radius 3 is 2.41 bits per heavy atom. The van der Waals surface area contributed by atoms with Gasteiger partial charge >= 0.3 is 12.1 Å². The number of sulfone groups is 1. The molecule has 8 heteroatoms. The third-order valence-electron chi connectivity index (χ3n) is 2.01. The third kappa shape index (κ3) is 6.77. The smallest absolute Gasteiger partial charge is 0.407 e. The zero-order valence-electron chi connectivity index (χ0n) is 9.80. The van der Waals surface area contributed by atoms with Crippen LogP contribution in [0.3, 0.4) is 0 Å². The topological polar surface area (TPSA) is 110 Å². The molecule has 0 unspecified atom stereocenters. The van der Waals surface area contributed by atoms with Crippen molar-refractivity contribution in [3.63, 3.8) is 0 Å². The SMILES string of the molecule is CCCCS(=O)(=O)C[C@@H](NC(=O)OC)C(=O)O. The van der Waals surface area contributed by atoms with E-state index in [2.05, 4.69) is 4.74 Å². The van der Waals surface area contributed by atoms with Gasteiger partial charge in [-0.05, 0) is 6.42 Å². The van der Waals surface area contributed by atoms with Crippen molar-refractivity contribution in [2.75, 3.05) is 18.6 Å². The summed E-state index contributed by atoms with van der Waals surface area (Å²) in [4.78, 5) is 21.6. The van der Waals surface area contributed by atoms with Crippen molar-refractivity contribution in [3.8, 4) is 0 Å². The normalized spacial score (nSPS) is 12.8. The van der Waals surface area contributed by atoms with Gasteiger partial charge in [-0.15, -0.1) is 0 Å². The maximum absolute atomic E-state index is 11.5. The van der Waals surface area contributed by atoms with Crippen LogP contribution in [0.2, 0.25) is 0 Å². The number of ether oxygens (including phenoxy) is 1. The molecule has 0 aliphatic carbocycles. The lowest BCUT2D eigenvalue weighted by Gasteiger charge is -2.13. The van der Waals surface area contributed by atoms with E-state index in [0.717, 1.165) is 7.11 Å².